The number of hydrogen-bond donors (Lipinski definition) is 0. The minimum atomic E-state index is -5.64. The summed E-state index contributed by atoms with van der Waals surface area (Å²) in [5.41, 5.74) is 0. The first-order valence-electron chi connectivity index (χ1n) is 0.717. The molecule has 0 aliphatic carbocycles. The van der Waals surface area contributed by atoms with Crippen LogP contribution in [0.15, 0.2) is 0 Å². The molecule has 0 aliphatic rings. The normalized spacial score (nSPS) is 7.38. The van der Waals surface area contributed by atoms with Crippen molar-refractivity contribution in [2.24, 2.45) is 0 Å². The molecule has 8 heavy (non-hydrogen) atoms. The van der Waals surface area contributed by atoms with Gasteiger partial charge in [0.1, 0.15) is 7.91 Å². The Labute approximate surface area is 83.9 Å². The van der Waals surface area contributed by atoms with E-state index >= 15 is 0 Å². The average molecular weight is 261 g/mol. The molecule has 8 heteroatoms. The first-order chi connectivity index (χ1) is 2.00. The summed E-state index contributed by atoms with van der Waals surface area (Å²) in [6, 6.07) is 0. The molecule has 0 aromatic heterocycles. The molecule has 0 amide bonds. The molecule has 0 bridgehead atoms. The zero-order valence-electron chi connectivity index (χ0n) is 4.13. The SMILES string of the molecule is O=P([O-])([O-])F.[F-].[Na+].[SnH2+2]. The predicted molar refractivity (Wildman–Crippen MR) is 17.3 cm³/mol. The molecule has 44 valence electrons. The second-order valence-electron chi connectivity index (χ2n) is 0.431. The van der Waals surface area contributed by atoms with Gasteiger partial charge in [-0.1, -0.05) is 0 Å². The molecule has 0 fully saturated rings. The van der Waals surface area contributed by atoms with E-state index in [0.717, 1.165) is 0 Å². The van der Waals surface area contributed by atoms with Crippen molar-refractivity contribution in [3.8, 4) is 0 Å². The molecule has 0 saturated carbocycles. The van der Waals surface area contributed by atoms with Gasteiger partial charge in [-0.25, -0.2) is 4.20 Å². The summed E-state index contributed by atoms with van der Waals surface area (Å²) in [4.78, 5) is 16.9. The standard InChI is InChI=1S/FH2O3P.FH.Na.Sn.2H/c1-5(2,3)4;;;;;/h(H2,2,3,4);1H;;;;/q;;+1;+2;;/p-3. The monoisotopic (exact) mass is 262 g/mol. The third-order valence-corrected chi connectivity index (χ3v) is 0. The predicted octanol–water partition coefficient (Wildman–Crippen LogP) is -8.12. The molecule has 0 heterocycles. The van der Waals surface area contributed by atoms with Crippen molar-refractivity contribution in [1.82, 2.24) is 0 Å². The van der Waals surface area contributed by atoms with Crippen LogP contribution in [0.5, 0.6) is 0 Å². The molecular weight excluding hydrogens is 259 g/mol. The van der Waals surface area contributed by atoms with Crippen LogP contribution in [0.1, 0.15) is 0 Å². The summed E-state index contributed by atoms with van der Waals surface area (Å²) in [5, 5.41) is 0. The summed E-state index contributed by atoms with van der Waals surface area (Å²) in [6.45, 7) is 0. The molecular formula is H2F2NaO3PSn. The molecule has 0 atom stereocenters. The van der Waals surface area contributed by atoms with Crippen LogP contribution < -0.4 is 44.0 Å². The Morgan fingerprint density at radius 2 is 1.38 bits per heavy atom. The first-order valence-corrected chi connectivity index (χ1v) is 2.15. The first kappa shape index (κ1) is 22.6. The van der Waals surface area contributed by atoms with E-state index in [0.29, 0.717) is 0 Å². The van der Waals surface area contributed by atoms with Gasteiger partial charge in [0.15, 0.2) is 0 Å². The summed E-state index contributed by atoms with van der Waals surface area (Å²) in [5.74, 6) is 0. The van der Waals surface area contributed by atoms with Gasteiger partial charge in [-0.3, -0.25) is 0 Å². The van der Waals surface area contributed by atoms with Crippen LogP contribution in [0.25, 0.3) is 0 Å². The van der Waals surface area contributed by atoms with Crippen molar-refractivity contribution in [1.29, 1.82) is 0 Å². The average Bonchev–Trinajstić information content (AvgIpc) is 0.722. The van der Waals surface area contributed by atoms with Crippen LogP contribution in [-0.2, 0) is 4.57 Å². The molecule has 0 aromatic carbocycles. The van der Waals surface area contributed by atoms with E-state index < -0.39 is 7.91 Å². The van der Waals surface area contributed by atoms with Crippen LogP contribution in [-0.4, -0.2) is 23.9 Å². The van der Waals surface area contributed by atoms with Crippen LogP contribution in [0.3, 0.4) is 0 Å². The molecule has 0 rings (SSSR count). The molecule has 0 spiro atoms. The van der Waals surface area contributed by atoms with Gasteiger partial charge in [-0.2, -0.15) is 0 Å². The van der Waals surface area contributed by atoms with Crippen LogP contribution in [0.2, 0.25) is 0 Å². The van der Waals surface area contributed by atoms with Gasteiger partial charge >= 0.3 is 53.5 Å². The van der Waals surface area contributed by atoms with Crippen molar-refractivity contribution in [2.45, 2.75) is 0 Å². The molecule has 0 N–H and O–H groups in total. The number of halogens is 2. The van der Waals surface area contributed by atoms with E-state index in [2.05, 4.69) is 0 Å². The summed E-state index contributed by atoms with van der Waals surface area (Å²) < 4.78 is 18.6. The van der Waals surface area contributed by atoms with Gasteiger partial charge in [0.2, 0.25) is 0 Å². The van der Waals surface area contributed by atoms with Gasteiger partial charge in [0.25, 0.3) is 0 Å². The van der Waals surface area contributed by atoms with Gasteiger partial charge in [0, 0.05) is 0 Å². The van der Waals surface area contributed by atoms with E-state index in [9.17, 15) is 4.20 Å². The second kappa shape index (κ2) is 8.81. The Balaban J connectivity index is -0.0000000267. The summed E-state index contributed by atoms with van der Waals surface area (Å²) in [7, 11) is -5.64. The fourth-order valence-electron chi connectivity index (χ4n) is 0. The van der Waals surface area contributed by atoms with Crippen LogP contribution in [0, 0.1) is 0 Å². The van der Waals surface area contributed by atoms with E-state index in [1.165, 1.54) is 0 Å². The summed E-state index contributed by atoms with van der Waals surface area (Å²) >= 11 is 0. The molecule has 0 unspecified atom stereocenters. The fraction of sp³-hybridized carbons (Fsp3) is 0. The Hall–Kier alpha value is 1.81. The van der Waals surface area contributed by atoms with Crippen molar-refractivity contribution >= 4 is 31.8 Å². The molecule has 0 aliphatic heterocycles. The molecule has 0 radical (unpaired) electrons. The van der Waals surface area contributed by atoms with Crippen molar-refractivity contribution in [3.05, 3.63) is 0 Å². The quantitative estimate of drug-likeness (QED) is 0.321. The minimum absolute atomic E-state index is 0. The zero-order valence-corrected chi connectivity index (χ0v) is 11.1. The topological polar surface area (TPSA) is 63.2 Å². The summed E-state index contributed by atoms with van der Waals surface area (Å²) in [6.07, 6.45) is 0. The van der Waals surface area contributed by atoms with E-state index in [1.807, 2.05) is 0 Å². The molecule has 0 aromatic rings. The molecule has 3 nitrogen and oxygen atoms in total. The van der Waals surface area contributed by atoms with Gasteiger partial charge in [0.05, 0.1) is 0 Å². The van der Waals surface area contributed by atoms with Crippen molar-refractivity contribution in [3.63, 3.8) is 0 Å². The third kappa shape index (κ3) is 111. The Morgan fingerprint density at radius 1 is 1.38 bits per heavy atom. The van der Waals surface area contributed by atoms with Crippen LogP contribution in [0.4, 0.5) is 4.20 Å². The zero-order chi connectivity index (χ0) is 4.50. The fourth-order valence-corrected chi connectivity index (χ4v) is 0. The number of rotatable bonds is 0. The van der Waals surface area contributed by atoms with Gasteiger partial charge < -0.3 is 19.1 Å². The maximum absolute atomic E-state index is 10.1. The van der Waals surface area contributed by atoms with Crippen molar-refractivity contribution < 1.29 is 52.8 Å². The Bertz CT molecular complexity index is 63.4. The Kier molecular flexibility index (Phi) is 24.8. The maximum atomic E-state index is 10.1. The van der Waals surface area contributed by atoms with E-state index in [1.54, 1.807) is 0 Å². The van der Waals surface area contributed by atoms with Gasteiger partial charge in [-0.05, 0) is 0 Å². The van der Waals surface area contributed by atoms with E-state index in [4.69, 9.17) is 14.4 Å². The number of hydrogen-bond acceptors (Lipinski definition) is 3. The third-order valence-electron chi connectivity index (χ3n) is 0. The second-order valence-corrected chi connectivity index (χ2v) is 1.29. The Morgan fingerprint density at radius 3 is 1.38 bits per heavy atom. The van der Waals surface area contributed by atoms with Crippen molar-refractivity contribution in [2.75, 3.05) is 0 Å². The van der Waals surface area contributed by atoms with Gasteiger partial charge in [-0.15, -0.1) is 0 Å². The van der Waals surface area contributed by atoms with E-state index in [-0.39, 0.29) is 58.2 Å². The molecule has 0 saturated heterocycles. The van der Waals surface area contributed by atoms with Crippen LogP contribution >= 0.6 is 7.91 Å².